The summed E-state index contributed by atoms with van der Waals surface area (Å²) >= 11 is 12.3. The van der Waals surface area contributed by atoms with Crippen molar-refractivity contribution in [3.05, 3.63) is 27.7 Å². The molecule has 2 aliphatic heterocycles. The number of hydrogen-bond donors (Lipinski definition) is 1. The molecule has 2 unspecified atom stereocenters. The number of benzene rings is 1. The lowest BCUT2D eigenvalue weighted by atomic mass is 10.1. The molecule has 2 saturated heterocycles. The Labute approximate surface area is 130 Å². The lowest BCUT2D eigenvalue weighted by Gasteiger charge is -2.42. The van der Waals surface area contributed by atoms with Crippen LogP contribution in [0.5, 0.6) is 0 Å². The molecular formula is C15H21Cl2N3. The molecule has 20 heavy (non-hydrogen) atoms. The van der Waals surface area contributed by atoms with Crippen molar-refractivity contribution in [3.63, 3.8) is 0 Å². The largest absolute Gasteiger partial charge is 0.396 e. The van der Waals surface area contributed by atoms with Gasteiger partial charge >= 0.3 is 0 Å². The average molecular weight is 314 g/mol. The molecule has 2 aliphatic rings. The van der Waals surface area contributed by atoms with Crippen LogP contribution in [0.3, 0.4) is 0 Å². The maximum atomic E-state index is 6.13. The van der Waals surface area contributed by atoms with Gasteiger partial charge in [0.2, 0.25) is 0 Å². The van der Waals surface area contributed by atoms with Gasteiger partial charge in [-0.3, -0.25) is 9.80 Å². The lowest BCUT2D eigenvalue weighted by molar-refractivity contribution is 0.0540. The SMILES string of the molecule is CC1CN2CCCC2CN1Cc1cc(Cl)c(N)c(Cl)c1. The zero-order chi connectivity index (χ0) is 14.3. The van der Waals surface area contributed by atoms with E-state index in [1.165, 1.54) is 25.9 Å². The predicted octanol–water partition coefficient (Wildman–Crippen LogP) is 3.24. The molecule has 0 saturated carbocycles. The van der Waals surface area contributed by atoms with Gasteiger partial charge in [-0.1, -0.05) is 23.2 Å². The number of piperazine rings is 1. The highest BCUT2D eigenvalue weighted by Crippen LogP contribution is 2.31. The Balaban J connectivity index is 1.74. The van der Waals surface area contributed by atoms with Crippen LogP contribution in [0.15, 0.2) is 12.1 Å². The Kier molecular flexibility index (Phi) is 4.14. The fourth-order valence-corrected chi connectivity index (χ4v) is 3.96. The minimum atomic E-state index is 0.478. The van der Waals surface area contributed by atoms with Gasteiger partial charge in [-0.05, 0) is 44.0 Å². The van der Waals surface area contributed by atoms with Crippen molar-refractivity contribution < 1.29 is 0 Å². The number of nitrogens with two attached hydrogens (primary N) is 1. The van der Waals surface area contributed by atoms with Crippen molar-refractivity contribution in [2.75, 3.05) is 25.4 Å². The molecule has 0 spiro atoms. The molecule has 0 radical (unpaired) electrons. The van der Waals surface area contributed by atoms with E-state index in [1.54, 1.807) is 0 Å². The molecule has 2 heterocycles. The molecule has 3 rings (SSSR count). The van der Waals surface area contributed by atoms with Crippen molar-refractivity contribution in [2.24, 2.45) is 0 Å². The summed E-state index contributed by atoms with van der Waals surface area (Å²) in [6.45, 7) is 6.77. The highest BCUT2D eigenvalue weighted by atomic mass is 35.5. The molecule has 2 atom stereocenters. The first kappa shape index (κ1) is 14.5. The van der Waals surface area contributed by atoms with Crippen LogP contribution in [0.1, 0.15) is 25.3 Å². The first-order valence-corrected chi connectivity index (χ1v) is 8.01. The van der Waals surface area contributed by atoms with Crippen LogP contribution in [0.2, 0.25) is 10.0 Å². The Bertz CT molecular complexity index is 483. The molecule has 0 bridgehead atoms. The topological polar surface area (TPSA) is 32.5 Å². The normalized spacial score (nSPS) is 27.8. The Morgan fingerprint density at radius 2 is 1.95 bits per heavy atom. The van der Waals surface area contributed by atoms with E-state index in [4.69, 9.17) is 28.9 Å². The second kappa shape index (κ2) is 5.72. The Morgan fingerprint density at radius 1 is 1.25 bits per heavy atom. The smallest absolute Gasteiger partial charge is 0.0693 e. The third kappa shape index (κ3) is 2.77. The van der Waals surface area contributed by atoms with Gasteiger partial charge in [0.05, 0.1) is 15.7 Å². The molecule has 5 heteroatoms. The molecule has 2 N–H and O–H groups in total. The molecule has 110 valence electrons. The highest BCUT2D eigenvalue weighted by Gasteiger charge is 2.34. The van der Waals surface area contributed by atoms with Gasteiger partial charge in [0, 0.05) is 31.7 Å². The number of fused-ring (bicyclic) bond motifs is 1. The second-order valence-electron chi connectivity index (χ2n) is 6.04. The van der Waals surface area contributed by atoms with Crippen LogP contribution >= 0.6 is 23.2 Å². The van der Waals surface area contributed by atoms with E-state index in [0.29, 0.717) is 21.8 Å². The van der Waals surface area contributed by atoms with Crippen LogP contribution in [0, 0.1) is 0 Å². The van der Waals surface area contributed by atoms with E-state index in [0.717, 1.165) is 24.7 Å². The standard InChI is InChI=1S/C15H21Cl2N3/c1-10-7-19-4-2-3-12(19)9-20(10)8-11-5-13(16)15(18)14(17)6-11/h5-6,10,12H,2-4,7-9,18H2,1H3. The monoisotopic (exact) mass is 313 g/mol. The summed E-state index contributed by atoms with van der Waals surface area (Å²) in [6.07, 6.45) is 2.66. The molecule has 1 aromatic carbocycles. The maximum Gasteiger partial charge on any atom is 0.0693 e. The molecule has 0 aliphatic carbocycles. The van der Waals surface area contributed by atoms with E-state index < -0.39 is 0 Å². The van der Waals surface area contributed by atoms with Gasteiger partial charge in [-0.15, -0.1) is 0 Å². The van der Waals surface area contributed by atoms with Crippen molar-refractivity contribution in [3.8, 4) is 0 Å². The first-order chi connectivity index (χ1) is 9.54. The predicted molar refractivity (Wildman–Crippen MR) is 85.3 cm³/mol. The van der Waals surface area contributed by atoms with E-state index in [-0.39, 0.29) is 0 Å². The maximum absolute atomic E-state index is 6.13. The summed E-state index contributed by atoms with van der Waals surface area (Å²) in [5.41, 5.74) is 7.42. The van der Waals surface area contributed by atoms with Crippen molar-refractivity contribution in [1.29, 1.82) is 0 Å². The minimum absolute atomic E-state index is 0.478. The second-order valence-corrected chi connectivity index (χ2v) is 6.86. The number of rotatable bonds is 2. The van der Waals surface area contributed by atoms with E-state index in [9.17, 15) is 0 Å². The zero-order valence-electron chi connectivity index (χ0n) is 11.8. The van der Waals surface area contributed by atoms with Crippen molar-refractivity contribution in [1.82, 2.24) is 9.80 Å². The number of nitrogen functional groups attached to an aromatic ring is 1. The first-order valence-electron chi connectivity index (χ1n) is 7.26. The fourth-order valence-electron chi connectivity index (χ4n) is 3.43. The molecule has 0 amide bonds. The van der Waals surface area contributed by atoms with E-state index in [2.05, 4.69) is 16.7 Å². The summed E-state index contributed by atoms with van der Waals surface area (Å²) in [5.74, 6) is 0. The summed E-state index contributed by atoms with van der Waals surface area (Å²) in [4.78, 5) is 5.16. The van der Waals surface area contributed by atoms with Gasteiger partial charge in [0.25, 0.3) is 0 Å². The summed E-state index contributed by atoms with van der Waals surface area (Å²) in [6, 6.07) is 5.18. The lowest BCUT2D eigenvalue weighted by Crippen LogP contribution is -2.54. The van der Waals surface area contributed by atoms with Crippen LogP contribution in [0.25, 0.3) is 0 Å². The quantitative estimate of drug-likeness (QED) is 0.851. The molecule has 0 aromatic heterocycles. The average Bonchev–Trinajstić information content (AvgIpc) is 2.83. The Morgan fingerprint density at radius 3 is 2.65 bits per heavy atom. The number of hydrogen-bond acceptors (Lipinski definition) is 3. The van der Waals surface area contributed by atoms with E-state index >= 15 is 0 Å². The van der Waals surface area contributed by atoms with Gasteiger partial charge in [-0.25, -0.2) is 0 Å². The van der Waals surface area contributed by atoms with Gasteiger partial charge in [-0.2, -0.15) is 0 Å². The van der Waals surface area contributed by atoms with Gasteiger partial charge in [0.15, 0.2) is 0 Å². The highest BCUT2D eigenvalue weighted by molar-refractivity contribution is 6.38. The van der Waals surface area contributed by atoms with Gasteiger partial charge in [0.1, 0.15) is 0 Å². The summed E-state index contributed by atoms with van der Waals surface area (Å²) < 4.78 is 0. The number of halogens is 2. The number of nitrogens with zero attached hydrogens (tertiary/aromatic N) is 2. The molecular weight excluding hydrogens is 293 g/mol. The van der Waals surface area contributed by atoms with Crippen LogP contribution < -0.4 is 5.73 Å². The molecule has 1 aromatic rings. The van der Waals surface area contributed by atoms with Crippen LogP contribution in [-0.4, -0.2) is 41.5 Å². The fraction of sp³-hybridized carbons (Fsp3) is 0.600. The third-order valence-electron chi connectivity index (χ3n) is 4.59. The minimum Gasteiger partial charge on any atom is -0.396 e. The van der Waals surface area contributed by atoms with Crippen molar-refractivity contribution in [2.45, 2.75) is 38.4 Å². The molecule has 3 nitrogen and oxygen atoms in total. The van der Waals surface area contributed by atoms with Crippen LogP contribution in [0.4, 0.5) is 5.69 Å². The summed E-state index contributed by atoms with van der Waals surface area (Å²) in [5, 5.41) is 1.11. The zero-order valence-corrected chi connectivity index (χ0v) is 13.3. The van der Waals surface area contributed by atoms with Crippen molar-refractivity contribution >= 4 is 28.9 Å². The third-order valence-corrected chi connectivity index (χ3v) is 5.22. The van der Waals surface area contributed by atoms with Crippen LogP contribution in [-0.2, 0) is 6.54 Å². The van der Waals surface area contributed by atoms with E-state index in [1.807, 2.05) is 12.1 Å². The summed E-state index contributed by atoms with van der Waals surface area (Å²) in [7, 11) is 0. The van der Waals surface area contributed by atoms with Gasteiger partial charge < -0.3 is 5.73 Å². The number of anilines is 1. The Hall–Kier alpha value is -0.480. The molecule has 2 fully saturated rings.